The maximum atomic E-state index is 13.8. The van der Waals surface area contributed by atoms with E-state index in [4.69, 9.17) is 16.0 Å². The molecule has 3 heterocycles. The third-order valence-electron chi connectivity index (χ3n) is 7.60. The molecule has 2 aliphatic heterocycles. The topological polar surface area (TPSA) is 57.5 Å². The number of carbonyl (C=O) groups excluding carboxylic acids is 1. The summed E-state index contributed by atoms with van der Waals surface area (Å²) in [4.78, 5) is 14.6. The van der Waals surface area contributed by atoms with Gasteiger partial charge in [0.1, 0.15) is 5.58 Å². The van der Waals surface area contributed by atoms with E-state index in [-0.39, 0.29) is 23.8 Å². The molecule has 164 valence electrons. The van der Waals surface area contributed by atoms with Gasteiger partial charge < -0.3 is 20.0 Å². The Balaban J connectivity index is 1.42. The van der Waals surface area contributed by atoms with E-state index < -0.39 is 17.8 Å². The summed E-state index contributed by atoms with van der Waals surface area (Å²) < 4.78 is 33.7. The Morgan fingerprint density at radius 3 is 2.74 bits per heavy atom. The Morgan fingerprint density at radius 2 is 2.00 bits per heavy atom. The predicted octanol–water partition coefficient (Wildman–Crippen LogP) is 5.46. The van der Waals surface area contributed by atoms with Crippen molar-refractivity contribution in [2.75, 3.05) is 18.4 Å². The minimum atomic E-state index is -2.64. The molecular weight excluding hydrogens is 424 g/mol. The van der Waals surface area contributed by atoms with Gasteiger partial charge in [-0.1, -0.05) is 37.4 Å². The van der Waals surface area contributed by atoms with E-state index in [0.717, 1.165) is 42.3 Å². The molecule has 1 aromatic carbocycles. The van der Waals surface area contributed by atoms with Crippen LogP contribution in [0.1, 0.15) is 54.6 Å². The molecule has 0 bridgehead atoms. The van der Waals surface area contributed by atoms with E-state index >= 15 is 0 Å². The van der Waals surface area contributed by atoms with Crippen LogP contribution >= 0.6 is 11.6 Å². The van der Waals surface area contributed by atoms with Gasteiger partial charge in [0.05, 0.1) is 22.1 Å². The molecule has 5 nitrogen and oxygen atoms in total. The number of furan rings is 1. The Bertz CT molecular complexity index is 1120. The van der Waals surface area contributed by atoms with E-state index in [2.05, 4.69) is 17.2 Å². The smallest absolute Gasteiger partial charge is 0.289 e. The monoisotopic (exact) mass is 447 g/mol. The second kappa shape index (κ2) is 6.37. The molecule has 2 aromatic rings. The van der Waals surface area contributed by atoms with Crippen LogP contribution in [0, 0.1) is 11.8 Å². The normalized spacial score (nSPS) is 28.0. The first-order chi connectivity index (χ1) is 14.8. The fourth-order valence-electron chi connectivity index (χ4n) is 5.96. The Morgan fingerprint density at radius 1 is 1.23 bits per heavy atom. The summed E-state index contributed by atoms with van der Waals surface area (Å²) in [6, 6.07) is 3.49. The molecule has 2 saturated carbocycles. The van der Waals surface area contributed by atoms with Crippen molar-refractivity contribution < 1.29 is 18.0 Å². The molecule has 2 atom stereocenters. The fourth-order valence-corrected chi connectivity index (χ4v) is 6.22. The molecule has 31 heavy (non-hydrogen) atoms. The van der Waals surface area contributed by atoms with Crippen LogP contribution in [-0.2, 0) is 5.54 Å². The number of benzene rings is 1. The largest absolute Gasteiger partial charge is 0.450 e. The summed E-state index contributed by atoms with van der Waals surface area (Å²) in [6.45, 7) is 4.48. The van der Waals surface area contributed by atoms with Crippen molar-refractivity contribution in [3.63, 3.8) is 0 Å². The van der Waals surface area contributed by atoms with Crippen LogP contribution in [0.25, 0.3) is 11.0 Å². The van der Waals surface area contributed by atoms with Gasteiger partial charge in [-0.15, -0.1) is 0 Å². The minimum Gasteiger partial charge on any atom is -0.450 e. The number of nitrogens with zero attached hydrogens (tertiary/aromatic N) is 1. The van der Waals surface area contributed by atoms with Gasteiger partial charge in [-0.25, -0.2) is 8.78 Å². The van der Waals surface area contributed by atoms with Crippen molar-refractivity contribution in [3.8, 4) is 0 Å². The second-order valence-electron chi connectivity index (χ2n) is 9.44. The molecule has 2 N–H and O–H groups in total. The first kappa shape index (κ1) is 19.4. The van der Waals surface area contributed by atoms with Gasteiger partial charge in [0.2, 0.25) is 0 Å². The number of hydrogen-bond acceptors (Lipinski definition) is 4. The van der Waals surface area contributed by atoms with Gasteiger partial charge in [-0.3, -0.25) is 4.79 Å². The molecule has 1 saturated heterocycles. The van der Waals surface area contributed by atoms with Gasteiger partial charge in [-0.05, 0) is 31.4 Å². The highest BCUT2D eigenvalue weighted by molar-refractivity contribution is 6.34. The van der Waals surface area contributed by atoms with E-state index in [1.165, 1.54) is 11.3 Å². The molecule has 4 aliphatic rings. The third kappa shape index (κ3) is 2.75. The maximum Gasteiger partial charge on any atom is 0.289 e. The zero-order chi connectivity index (χ0) is 21.5. The summed E-state index contributed by atoms with van der Waals surface area (Å²) in [5.74, 6) is -3.39. The predicted molar refractivity (Wildman–Crippen MR) is 114 cm³/mol. The molecular formula is C23H24ClF2N3O2. The lowest BCUT2D eigenvalue weighted by molar-refractivity contribution is 0.0663. The molecule has 1 spiro atoms. The lowest BCUT2D eigenvalue weighted by Gasteiger charge is -2.44. The van der Waals surface area contributed by atoms with Crippen molar-refractivity contribution in [2.45, 2.75) is 50.0 Å². The molecule has 8 heteroatoms. The zero-order valence-electron chi connectivity index (χ0n) is 17.1. The van der Waals surface area contributed by atoms with Crippen molar-refractivity contribution in [3.05, 3.63) is 40.9 Å². The number of nitrogens with one attached hydrogen (secondary N) is 2. The molecule has 3 fully saturated rings. The summed E-state index contributed by atoms with van der Waals surface area (Å²) in [6.07, 6.45) is 5.50. The number of carbonyl (C=O) groups is 1. The highest BCUT2D eigenvalue weighted by Gasteiger charge is 2.69. The standard InChI is InChI=1S/C23H24ClF2N3O2/c1-12-27-19-16(24)9-13-10-17(21(30)29-8-5-14-15(11-29)23(14,25)26)31-20(13)18(19)22(28-12)6-3-2-4-7-22/h9-10,14-15,27-28H,1-8,11H2. The number of piperidine rings is 1. The first-order valence-corrected chi connectivity index (χ1v) is 11.4. The number of rotatable bonds is 1. The SMILES string of the molecule is C=C1Nc2c(Cl)cc3cc(C(=O)N4CCC5C(C4)C5(F)F)oc3c2C2(CCCCC2)N1. The van der Waals surface area contributed by atoms with E-state index in [1.807, 2.05) is 0 Å². The average molecular weight is 448 g/mol. The fraction of sp³-hybridized carbons (Fsp3) is 0.522. The number of hydrogen-bond donors (Lipinski definition) is 2. The van der Waals surface area contributed by atoms with Crippen molar-refractivity contribution >= 4 is 34.2 Å². The van der Waals surface area contributed by atoms with E-state index in [9.17, 15) is 13.6 Å². The van der Waals surface area contributed by atoms with Gasteiger partial charge >= 0.3 is 0 Å². The van der Waals surface area contributed by atoms with Crippen molar-refractivity contribution in [1.82, 2.24) is 10.2 Å². The number of alkyl halides is 2. The first-order valence-electron chi connectivity index (χ1n) is 11.0. The highest BCUT2D eigenvalue weighted by atomic mass is 35.5. The van der Waals surface area contributed by atoms with Crippen LogP contribution in [0.4, 0.5) is 14.5 Å². The molecule has 1 amide bonds. The second-order valence-corrected chi connectivity index (χ2v) is 9.84. The summed E-state index contributed by atoms with van der Waals surface area (Å²) in [5, 5.41) is 8.06. The number of anilines is 1. The van der Waals surface area contributed by atoms with Crippen LogP contribution in [0.3, 0.4) is 0 Å². The van der Waals surface area contributed by atoms with Crippen LogP contribution in [0.5, 0.6) is 0 Å². The van der Waals surface area contributed by atoms with Crippen molar-refractivity contribution in [2.24, 2.45) is 11.8 Å². The lowest BCUT2D eigenvalue weighted by atomic mass is 9.74. The number of amides is 1. The average Bonchev–Trinajstić information content (AvgIpc) is 3.06. The lowest BCUT2D eigenvalue weighted by Crippen LogP contribution is -2.48. The van der Waals surface area contributed by atoms with Gasteiger partial charge in [0, 0.05) is 35.9 Å². The summed E-state index contributed by atoms with van der Waals surface area (Å²) >= 11 is 6.63. The molecule has 2 unspecified atom stereocenters. The number of halogens is 3. The number of likely N-dealkylation sites (tertiary alicyclic amines) is 1. The third-order valence-corrected chi connectivity index (χ3v) is 7.90. The van der Waals surface area contributed by atoms with Gasteiger partial charge in [0.25, 0.3) is 11.8 Å². The van der Waals surface area contributed by atoms with Crippen LogP contribution in [0.15, 0.2) is 28.9 Å². The highest BCUT2D eigenvalue weighted by Crippen LogP contribution is 2.59. The van der Waals surface area contributed by atoms with E-state index in [1.54, 1.807) is 12.1 Å². The summed E-state index contributed by atoms with van der Waals surface area (Å²) in [5.41, 5.74) is 2.00. The van der Waals surface area contributed by atoms with Crippen LogP contribution in [-0.4, -0.2) is 29.8 Å². The van der Waals surface area contributed by atoms with E-state index in [0.29, 0.717) is 29.4 Å². The molecule has 6 rings (SSSR count). The van der Waals surface area contributed by atoms with Crippen LogP contribution in [0.2, 0.25) is 5.02 Å². The molecule has 0 radical (unpaired) electrons. The quantitative estimate of drug-likeness (QED) is 0.609. The molecule has 1 aromatic heterocycles. The summed E-state index contributed by atoms with van der Waals surface area (Å²) in [7, 11) is 0. The van der Waals surface area contributed by atoms with Crippen LogP contribution < -0.4 is 10.6 Å². The zero-order valence-corrected chi connectivity index (χ0v) is 17.8. The Hall–Kier alpha value is -2.28. The van der Waals surface area contributed by atoms with Crippen molar-refractivity contribution in [1.29, 1.82) is 0 Å². The Labute approximate surface area is 183 Å². The van der Waals surface area contributed by atoms with Gasteiger partial charge in [0.15, 0.2) is 5.76 Å². The number of fused-ring (bicyclic) bond motifs is 5. The maximum absolute atomic E-state index is 13.8. The van der Waals surface area contributed by atoms with Gasteiger partial charge in [-0.2, -0.15) is 0 Å². The molecule has 2 aliphatic carbocycles. The Kier molecular flexibility index (Phi) is 3.99. The minimum absolute atomic E-state index is 0.0826.